The summed E-state index contributed by atoms with van der Waals surface area (Å²) in [5.41, 5.74) is 0.844. The van der Waals surface area contributed by atoms with Crippen molar-refractivity contribution in [1.29, 1.82) is 0 Å². The van der Waals surface area contributed by atoms with Crippen molar-refractivity contribution in [1.82, 2.24) is 10.3 Å². The maximum absolute atomic E-state index is 11.8. The number of carbonyl (C=O) groups excluding carboxylic acids is 1. The van der Waals surface area contributed by atoms with Gasteiger partial charge in [0.25, 0.3) is 0 Å². The van der Waals surface area contributed by atoms with Gasteiger partial charge in [0.2, 0.25) is 5.91 Å². The highest BCUT2D eigenvalue weighted by Crippen LogP contribution is 2.22. The van der Waals surface area contributed by atoms with Crippen LogP contribution in [0.2, 0.25) is 0 Å². The van der Waals surface area contributed by atoms with Gasteiger partial charge in [0, 0.05) is 41.8 Å². The molecule has 0 aliphatic rings. The molecule has 0 fully saturated rings. The minimum atomic E-state index is 0.0280. The zero-order chi connectivity index (χ0) is 12.8. The highest BCUT2D eigenvalue weighted by atomic mass is 16.1. The van der Waals surface area contributed by atoms with Gasteiger partial charge in [0.15, 0.2) is 0 Å². The Labute approximate surface area is 106 Å². The van der Waals surface area contributed by atoms with Gasteiger partial charge >= 0.3 is 0 Å². The van der Waals surface area contributed by atoms with Crippen LogP contribution in [0.25, 0.3) is 10.8 Å². The average molecular weight is 243 g/mol. The third-order valence-corrected chi connectivity index (χ3v) is 2.73. The molecule has 94 valence electrons. The van der Waals surface area contributed by atoms with E-state index in [2.05, 4.69) is 15.6 Å². The fraction of sp³-hybridized carbons (Fsp3) is 0.286. The lowest BCUT2D eigenvalue weighted by atomic mass is 10.1. The first kappa shape index (κ1) is 12.5. The van der Waals surface area contributed by atoms with Crippen LogP contribution in [0, 0.1) is 0 Å². The van der Waals surface area contributed by atoms with Crippen LogP contribution in [0.5, 0.6) is 0 Å². The second-order valence-electron chi connectivity index (χ2n) is 4.05. The number of hydrogen-bond donors (Lipinski definition) is 2. The molecular weight excluding hydrogens is 226 g/mol. The second-order valence-corrected chi connectivity index (χ2v) is 4.05. The standard InChI is InChI=1S/C14H17N3O/c1-2-15-9-7-14(18)17-13-5-3-4-11-10-16-8-6-12(11)13/h3-6,8,10,15H,2,7,9H2,1H3,(H,17,18). The molecular formula is C14H17N3O. The smallest absolute Gasteiger partial charge is 0.225 e. The van der Waals surface area contributed by atoms with E-state index in [1.54, 1.807) is 12.4 Å². The van der Waals surface area contributed by atoms with Crippen molar-refractivity contribution in [3.63, 3.8) is 0 Å². The van der Waals surface area contributed by atoms with Gasteiger partial charge in [0.05, 0.1) is 0 Å². The molecule has 0 aliphatic carbocycles. The van der Waals surface area contributed by atoms with E-state index in [4.69, 9.17) is 0 Å². The second kappa shape index (κ2) is 6.12. The third kappa shape index (κ3) is 3.05. The Morgan fingerprint density at radius 3 is 3.06 bits per heavy atom. The summed E-state index contributed by atoms with van der Waals surface area (Å²) in [6.45, 7) is 3.61. The van der Waals surface area contributed by atoms with Crippen molar-refractivity contribution >= 4 is 22.4 Å². The molecule has 1 aromatic carbocycles. The number of benzene rings is 1. The lowest BCUT2D eigenvalue weighted by Crippen LogP contribution is -2.21. The summed E-state index contributed by atoms with van der Waals surface area (Å²) in [6, 6.07) is 7.73. The Bertz CT molecular complexity index is 534. The molecule has 1 aromatic heterocycles. The van der Waals surface area contributed by atoms with Gasteiger partial charge in [-0.3, -0.25) is 9.78 Å². The molecule has 0 saturated heterocycles. The highest BCUT2D eigenvalue weighted by molar-refractivity contribution is 6.01. The van der Waals surface area contributed by atoms with Crippen molar-refractivity contribution in [3.05, 3.63) is 36.7 Å². The largest absolute Gasteiger partial charge is 0.325 e. The van der Waals surface area contributed by atoms with Crippen LogP contribution in [0.1, 0.15) is 13.3 Å². The van der Waals surface area contributed by atoms with Gasteiger partial charge in [-0.2, -0.15) is 0 Å². The average Bonchev–Trinajstić information content (AvgIpc) is 2.39. The molecule has 0 aliphatic heterocycles. The summed E-state index contributed by atoms with van der Waals surface area (Å²) in [4.78, 5) is 15.8. The van der Waals surface area contributed by atoms with Crippen molar-refractivity contribution in [2.75, 3.05) is 18.4 Å². The number of amides is 1. The summed E-state index contributed by atoms with van der Waals surface area (Å²) in [5, 5.41) is 8.12. The number of nitrogens with zero attached hydrogens (tertiary/aromatic N) is 1. The predicted molar refractivity (Wildman–Crippen MR) is 73.5 cm³/mol. The molecule has 0 saturated carbocycles. The van der Waals surface area contributed by atoms with E-state index in [1.807, 2.05) is 31.2 Å². The van der Waals surface area contributed by atoms with Crippen LogP contribution in [0.3, 0.4) is 0 Å². The van der Waals surface area contributed by atoms with E-state index in [0.717, 1.165) is 23.0 Å². The van der Waals surface area contributed by atoms with Crippen molar-refractivity contribution < 1.29 is 4.79 Å². The maximum atomic E-state index is 11.8. The zero-order valence-electron chi connectivity index (χ0n) is 10.4. The molecule has 4 nitrogen and oxygen atoms in total. The minimum absolute atomic E-state index is 0.0280. The van der Waals surface area contributed by atoms with Crippen LogP contribution in [-0.4, -0.2) is 24.0 Å². The van der Waals surface area contributed by atoms with E-state index in [-0.39, 0.29) is 5.91 Å². The van der Waals surface area contributed by atoms with Gasteiger partial charge in [0.1, 0.15) is 0 Å². The number of nitrogens with one attached hydrogen (secondary N) is 2. The number of aromatic nitrogens is 1. The van der Waals surface area contributed by atoms with Crippen LogP contribution < -0.4 is 10.6 Å². The molecule has 2 aromatic rings. The monoisotopic (exact) mass is 243 g/mol. The molecule has 4 heteroatoms. The van der Waals surface area contributed by atoms with Gasteiger partial charge in [-0.25, -0.2) is 0 Å². The summed E-state index contributed by atoms with van der Waals surface area (Å²) >= 11 is 0. The van der Waals surface area contributed by atoms with E-state index < -0.39 is 0 Å². The minimum Gasteiger partial charge on any atom is -0.325 e. The Morgan fingerprint density at radius 1 is 1.33 bits per heavy atom. The van der Waals surface area contributed by atoms with Crippen LogP contribution in [0.4, 0.5) is 5.69 Å². The SMILES string of the molecule is CCNCCC(=O)Nc1cccc2cnccc12. The fourth-order valence-corrected chi connectivity index (χ4v) is 1.82. The molecule has 0 unspecified atom stereocenters. The van der Waals surface area contributed by atoms with E-state index in [1.165, 1.54) is 0 Å². The first-order chi connectivity index (χ1) is 8.81. The first-order valence-corrected chi connectivity index (χ1v) is 6.14. The molecule has 2 rings (SSSR count). The Kier molecular flexibility index (Phi) is 4.25. The predicted octanol–water partition coefficient (Wildman–Crippen LogP) is 2.17. The molecule has 2 N–H and O–H groups in total. The Morgan fingerprint density at radius 2 is 2.22 bits per heavy atom. The van der Waals surface area contributed by atoms with E-state index >= 15 is 0 Å². The zero-order valence-corrected chi connectivity index (χ0v) is 10.4. The first-order valence-electron chi connectivity index (χ1n) is 6.14. The number of carbonyl (C=O) groups is 1. The van der Waals surface area contributed by atoms with Crippen LogP contribution >= 0.6 is 0 Å². The van der Waals surface area contributed by atoms with Crippen molar-refractivity contribution in [3.8, 4) is 0 Å². The molecule has 1 heterocycles. The van der Waals surface area contributed by atoms with Gasteiger partial charge < -0.3 is 10.6 Å². The van der Waals surface area contributed by atoms with E-state index in [9.17, 15) is 4.79 Å². The quantitative estimate of drug-likeness (QED) is 0.791. The Balaban J connectivity index is 2.09. The maximum Gasteiger partial charge on any atom is 0.225 e. The molecule has 0 radical (unpaired) electrons. The summed E-state index contributed by atoms with van der Waals surface area (Å²) in [5.74, 6) is 0.0280. The lowest BCUT2D eigenvalue weighted by molar-refractivity contribution is -0.116. The van der Waals surface area contributed by atoms with Gasteiger partial charge in [-0.15, -0.1) is 0 Å². The van der Waals surface area contributed by atoms with Gasteiger partial charge in [-0.05, 0) is 18.7 Å². The number of anilines is 1. The normalized spacial score (nSPS) is 10.5. The van der Waals surface area contributed by atoms with Crippen LogP contribution in [-0.2, 0) is 4.79 Å². The molecule has 0 atom stereocenters. The number of rotatable bonds is 5. The van der Waals surface area contributed by atoms with Crippen molar-refractivity contribution in [2.45, 2.75) is 13.3 Å². The molecule has 1 amide bonds. The summed E-state index contributed by atoms with van der Waals surface area (Å²) in [7, 11) is 0. The number of pyridine rings is 1. The molecule has 0 bridgehead atoms. The molecule has 18 heavy (non-hydrogen) atoms. The topological polar surface area (TPSA) is 54.0 Å². The summed E-state index contributed by atoms with van der Waals surface area (Å²) in [6.07, 6.45) is 4.01. The Hall–Kier alpha value is -1.94. The van der Waals surface area contributed by atoms with Crippen LogP contribution in [0.15, 0.2) is 36.7 Å². The summed E-state index contributed by atoms with van der Waals surface area (Å²) < 4.78 is 0. The molecule has 0 spiro atoms. The lowest BCUT2D eigenvalue weighted by Gasteiger charge is -2.08. The third-order valence-electron chi connectivity index (χ3n) is 2.73. The number of fused-ring (bicyclic) bond motifs is 1. The fourth-order valence-electron chi connectivity index (χ4n) is 1.82. The van der Waals surface area contributed by atoms with E-state index in [0.29, 0.717) is 13.0 Å². The highest BCUT2D eigenvalue weighted by Gasteiger charge is 2.04. The number of hydrogen-bond acceptors (Lipinski definition) is 3. The van der Waals surface area contributed by atoms with Crippen molar-refractivity contribution in [2.24, 2.45) is 0 Å². The van der Waals surface area contributed by atoms with Gasteiger partial charge in [-0.1, -0.05) is 19.1 Å².